The molecule has 0 aliphatic rings. The quantitative estimate of drug-likeness (QED) is 0.137. The van der Waals surface area contributed by atoms with Crippen LogP contribution in [-0.4, -0.2) is 36.6 Å². The van der Waals surface area contributed by atoms with Crippen molar-refractivity contribution in [3.63, 3.8) is 0 Å². The number of aromatic nitrogens is 5. The molecule has 2 aromatic heterocycles. The molecule has 0 aliphatic heterocycles. The summed E-state index contributed by atoms with van der Waals surface area (Å²) in [6.07, 6.45) is 0. The third-order valence-corrected chi connectivity index (χ3v) is 9.49. The molecule has 3 aromatic carbocycles. The molecule has 0 radical (unpaired) electrons. The number of carbonyl (C=O) groups excluding carboxylic acids is 1. The number of hydrogen-bond donors (Lipinski definition) is 1. The molecule has 7 nitrogen and oxygen atoms in total. The maximum absolute atomic E-state index is 12.8. The van der Waals surface area contributed by atoms with E-state index in [0.717, 1.165) is 27.2 Å². The standard InChI is InChI=1S/C31H32N6OS3/c1-20-16-23(31(3,4)5)17-21(2)25(20)18-40-30-36-34-28(41-30)32-26(38)19-39-29-35-33-27(22-12-8-6-9-13-22)37(29)24-14-10-7-11-15-24/h6-17H,18-19H2,1-5H3,(H,32,34,38). The number of aryl methyl sites for hydroxylation is 2. The smallest absolute Gasteiger partial charge is 0.236 e. The number of hydrogen-bond acceptors (Lipinski definition) is 8. The molecule has 2 heterocycles. The van der Waals surface area contributed by atoms with E-state index in [4.69, 9.17) is 0 Å². The van der Waals surface area contributed by atoms with Gasteiger partial charge in [-0.05, 0) is 53.6 Å². The van der Waals surface area contributed by atoms with Crippen molar-refractivity contribution in [2.45, 2.75) is 55.3 Å². The number of nitrogens with one attached hydrogen (secondary N) is 1. The molecule has 0 spiro atoms. The van der Waals surface area contributed by atoms with Crippen molar-refractivity contribution in [2.24, 2.45) is 0 Å². The summed E-state index contributed by atoms with van der Waals surface area (Å²) in [6, 6.07) is 24.4. The summed E-state index contributed by atoms with van der Waals surface area (Å²) in [7, 11) is 0. The van der Waals surface area contributed by atoms with Crippen molar-refractivity contribution < 1.29 is 4.79 Å². The second kappa shape index (κ2) is 12.6. The molecule has 41 heavy (non-hydrogen) atoms. The first kappa shape index (κ1) is 29.0. The van der Waals surface area contributed by atoms with Crippen LogP contribution < -0.4 is 5.32 Å². The average molecular weight is 601 g/mol. The first-order chi connectivity index (χ1) is 19.7. The normalized spacial score (nSPS) is 11.5. The van der Waals surface area contributed by atoms with Crippen molar-refractivity contribution in [3.05, 3.63) is 95.1 Å². The van der Waals surface area contributed by atoms with E-state index in [-0.39, 0.29) is 17.1 Å². The summed E-state index contributed by atoms with van der Waals surface area (Å²) < 4.78 is 2.80. The van der Waals surface area contributed by atoms with Crippen LogP contribution in [0.4, 0.5) is 5.13 Å². The van der Waals surface area contributed by atoms with Gasteiger partial charge in [-0.15, -0.1) is 20.4 Å². The lowest BCUT2D eigenvalue weighted by Crippen LogP contribution is -2.14. The predicted molar refractivity (Wildman–Crippen MR) is 170 cm³/mol. The Hall–Kier alpha value is -3.47. The summed E-state index contributed by atoms with van der Waals surface area (Å²) in [5, 5.41) is 21.4. The molecule has 1 N–H and O–H groups in total. The minimum absolute atomic E-state index is 0.118. The van der Waals surface area contributed by atoms with Gasteiger partial charge in [0.25, 0.3) is 0 Å². The Morgan fingerprint density at radius 2 is 1.54 bits per heavy atom. The number of para-hydroxylation sites is 1. The van der Waals surface area contributed by atoms with E-state index < -0.39 is 0 Å². The van der Waals surface area contributed by atoms with Gasteiger partial charge in [0.2, 0.25) is 11.0 Å². The SMILES string of the molecule is Cc1cc(C(C)(C)C)cc(C)c1CSc1nnc(NC(=O)CSc2nnc(-c3ccccc3)n2-c2ccccc2)s1. The van der Waals surface area contributed by atoms with E-state index in [2.05, 4.69) is 72.5 Å². The summed E-state index contributed by atoms with van der Waals surface area (Å²) in [5.74, 6) is 1.53. The third-order valence-electron chi connectivity index (χ3n) is 6.57. The van der Waals surface area contributed by atoms with Crippen molar-refractivity contribution in [3.8, 4) is 17.1 Å². The van der Waals surface area contributed by atoms with E-state index in [1.807, 2.05) is 65.2 Å². The Morgan fingerprint density at radius 1 is 0.878 bits per heavy atom. The zero-order chi connectivity index (χ0) is 29.0. The molecule has 0 fully saturated rings. The van der Waals surface area contributed by atoms with Crippen LogP contribution in [0, 0.1) is 13.8 Å². The van der Waals surface area contributed by atoms with Crippen LogP contribution in [-0.2, 0) is 16.0 Å². The van der Waals surface area contributed by atoms with Gasteiger partial charge in [0.05, 0.1) is 5.75 Å². The lowest BCUT2D eigenvalue weighted by atomic mass is 9.84. The van der Waals surface area contributed by atoms with Gasteiger partial charge in [-0.1, -0.05) is 116 Å². The molecule has 10 heteroatoms. The maximum Gasteiger partial charge on any atom is 0.236 e. The van der Waals surface area contributed by atoms with Crippen LogP contribution in [0.25, 0.3) is 17.1 Å². The van der Waals surface area contributed by atoms with Gasteiger partial charge in [0, 0.05) is 17.0 Å². The number of amides is 1. The van der Waals surface area contributed by atoms with Gasteiger partial charge >= 0.3 is 0 Å². The average Bonchev–Trinajstić information content (AvgIpc) is 3.58. The van der Waals surface area contributed by atoms with Gasteiger partial charge in [0.1, 0.15) is 0 Å². The Morgan fingerprint density at radius 3 is 2.20 bits per heavy atom. The molecule has 0 saturated carbocycles. The molecule has 1 amide bonds. The molecule has 0 bridgehead atoms. The molecule has 0 aliphatic carbocycles. The summed E-state index contributed by atoms with van der Waals surface area (Å²) >= 11 is 4.36. The number of benzene rings is 3. The number of anilines is 1. The summed E-state index contributed by atoms with van der Waals surface area (Å²) in [4.78, 5) is 12.8. The van der Waals surface area contributed by atoms with Crippen LogP contribution in [0.15, 0.2) is 82.3 Å². The Labute approximate surface area is 253 Å². The Balaban J connectivity index is 1.22. The van der Waals surface area contributed by atoms with E-state index in [1.165, 1.54) is 45.4 Å². The molecule has 210 valence electrons. The largest absolute Gasteiger partial charge is 0.300 e. The Bertz CT molecular complexity index is 1620. The molecule has 0 unspecified atom stereocenters. The maximum atomic E-state index is 12.8. The highest BCUT2D eigenvalue weighted by atomic mass is 32.2. The molecule has 0 atom stereocenters. The minimum atomic E-state index is -0.170. The van der Waals surface area contributed by atoms with E-state index in [1.54, 1.807) is 11.8 Å². The summed E-state index contributed by atoms with van der Waals surface area (Å²) in [5.41, 5.74) is 7.24. The van der Waals surface area contributed by atoms with Crippen molar-refractivity contribution in [1.82, 2.24) is 25.0 Å². The zero-order valence-electron chi connectivity index (χ0n) is 23.7. The Kier molecular flexibility index (Phi) is 8.91. The second-order valence-corrected chi connectivity index (χ2v) is 13.8. The number of thioether (sulfide) groups is 2. The van der Waals surface area contributed by atoms with Crippen LogP contribution in [0.3, 0.4) is 0 Å². The molecule has 0 saturated heterocycles. The lowest BCUT2D eigenvalue weighted by molar-refractivity contribution is -0.113. The number of carbonyl (C=O) groups is 1. The van der Waals surface area contributed by atoms with Crippen molar-refractivity contribution in [2.75, 3.05) is 11.1 Å². The highest BCUT2D eigenvalue weighted by Gasteiger charge is 2.19. The topological polar surface area (TPSA) is 85.6 Å². The van der Waals surface area contributed by atoms with Gasteiger partial charge in [-0.3, -0.25) is 14.7 Å². The van der Waals surface area contributed by atoms with Gasteiger partial charge in [0.15, 0.2) is 15.3 Å². The van der Waals surface area contributed by atoms with Crippen LogP contribution in [0.5, 0.6) is 0 Å². The van der Waals surface area contributed by atoms with Gasteiger partial charge in [-0.2, -0.15) is 0 Å². The lowest BCUT2D eigenvalue weighted by Gasteiger charge is -2.22. The first-order valence-electron chi connectivity index (χ1n) is 13.2. The highest BCUT2D eigenvalue weighted by Crippen LogP contribution is 2.33. The summed E-state index contributed by atoms with van der Waals surface area (Å²) in [6.45, 7) is 11.1. The number of rotatable bonds is 9. The fraction of sp³-hybridized carbons (Fsp3) is 0.258. The predicted octanol–water partition coefficient (Wildman–Crippen LogP) is 7.72. The van der Waals surface area contributed by atoms with Crippen LogP contribution in [0.2, 0.25) is 0 Å². The minimum Gasteiger partial charge on any atom is -0.300 e. The molecule has 5 rings (SSSR count). The second-order valence-electron chi connectivity index (χ2n) is 10.7. The molecular formula is C31H32N6OS3. The van der Waals surface area contributed by atoms with E-state index in [9.17, 15) is 4.79 Å². The van der Waals surface area contributed by atoms with Gasteiger partial charge in [-0.25, -0.2) is 0 Å². The molecule has 5 aromatic rings. The van der Waals surface area contributed by atoms with E-state index >= 15 is 0 Å². The zero-order valence-corrected chi connectivity index (χ0v) is 26.2. The van der Waals surface area contributed by atoms with Gasteiger partial charge < -0.3 is 0 Å². The fourth-order valence-corrected chi connectivity index (χ4v) is 7.06. The van der Waals surface area contributed by atoms with Crippen LogP contribution in [0.1, 0.15) is 43.0 Å². The first-order valence-corrected chi connectivity index (χ1v) is 16.0. The van der Waals surface area contributed by atoms with Crippen molar-refractivity contribution >= 4 is 45.9 Å². The highest BCUT2D eigenvalue weighted by molar-refractivity contribution is 8.00. The van der Waals surface area contributed by atoms with Crippen LogP contribution >= 0.6 is 34.9 Å². The third kappa shape index (κ3) is 7.06. The molecular weight excluding hydrogens is 569 g/mol. The van der Waals surface area contributed by atoms with Crippen molar-refractivity contribution in [1.29, 1.82) is 0 Å². The fourth-order valence-electron chi connectivity index (χ4n) is 4.34. The van der Waals surface area contributed by atoms with E-state index in [0.29, 0.717) is 10.3 Å². The monoisotopic (exact) mass is 600 g/mol. The number of nitrogens with zero attached hydrogens (tertiary/aromatic N) is 5.